The summed E-state index contributed by atoms with van der Waals surface area (Å²) in [5.74, 6) is -0.303. The molecule has 174 valence electrons. The van der Waals surface area contributed by atoms with Crippen LogP contribution in [0.25, 0.3) is 32.6 Å². The molecule has 9 nitrogen and oxygen atoms in total. The number of rotatable bonds is 8. The molecule has 0 amide bonds. The fourth-order valence-electron chi connectivity index (χ4n) is 3.91. The van der Waals surface area contributed by atoms with Crippen molar-refractivity contribution in [3.63, 3.8) is 0 Å². The fourth-order valence-corrected chi connectivity index (χ4v) is 3.91. The van der Waals surface area contributed by atoms with Gasteiger partial charge < -0.3 is 26.0 Å². The molecular weight excluding hydrogens is 457 g/mol. The van der Waals surface area contributed by atoms with E-state index in [1.54, 1.807) is 0 Å². The molecular formula is C21H27Cl2N5O4. The number of fused-ring (bicyclic) bond motifs is 2. The average Bonchev–Trinajstić information content (AvgIpc) is 3.10. The Bertz CT molecular complexity index is 1340. The number of phenols is 2. The van der Waals surface area contributed by atoms with Crippen molar-refractivity contribution in [3.05, 3.63) is 39.8 Å². The van der Waals surface area contributed by atoms with Crippen LogP contribution in [0.15, 0.2) is 34.1 Å². The molecule has 6 N–H and O–H groups in total. The first kappa shape index (κ1) is 25.7. The van der Waals surface area contributed by atoms with Crippen molar-refractivity contribution in [1.29, 1.82) is 0 Å². The monoisotopic (exact) mass is 483 g/mol. The third-order valence-corrected chi connectivity index (χ3v) is 5.26. The van der Waals surface area contributed by atoms with Gasteiger partial charge in [-0.1, -0.05) is 0 Å². The topological polar surface area (TPSA) is 135 Å². The molecule has 0 radical (unpaired) electrons. The molecule has 0 aliphatic rings. The zero-order chi connectivity index (χ0) is 21.3. The highest BCUT2D eigenvalue weighted by atomic mass is 35.5. The molecule has 0 spiro atoms. The Morgan fingerprint density at radius 2 is 1.78 bits per heavy atom. The van der Waals surface area contributed by atoms with Crippen LogP contribution in [-0.2, 0) is 6.54 Å². The Morgan fingerprint density at radius 3 is 2.50 bits per heavy atom. The third kappa shape index (κ3) is 4.35. The van der Waals surface area contributed by atoms with E-state index in [1.165, 1.54) is 12.1 Å². The summed E-state index contributed by atoms with van der Waals surface area (Å²) < 4.78 is 1.89. The zero-order valence-electron chi connectivity index (χ0n) is 17.5. The summed E-state index contributed by atoms with van der Waals surface area (Å²) >= 11 is 0. The highest BCUT2D eigenvalue weighted by molar-refractivity contribution is 6.23. The SMILES string of the molecule is CNCCN=c1ccc2c3c1c(O)c1c(O)ccc(=O)c1c3[nH]n2CCNCCO.Cl.Cl. The first-order chi connectivity index (χ1) is 14.6. The summed E-state index contributed by atoms with van der Waals surface area (Å²) in [5, 5.41) is 42.1. The highest BCUT2D eigenvalue weighted by Gasteiger charge is 2.21. The lowest BCUT2D eigenvalue weighted by atomic mass is 9.99. The van der Waals surface area contributed by atoms with Gasteiger partial charge >= 0.3 is 0 Å². The molecule has 1 aromatic heterocycles. The van der Waals surface area contributed by atoms with Gasteiger partial charge in [0.05, 0.1) is 52.2 Å². The number of aromatic amines is 1. The molecule has 4 rings (SSSR count). The second-order valence-corrected chi connectivity index (χ2v) is 7.13. The van der Waals surface area contributed by atoms with Gasteiger partial charge in [0.15, 0.2) is 5.43 Å². The van der Waals surface area contributed by atoms with Gasteiger partial charge in [0, 0.05) is 25.0 Å². The third-order valence-electron chi connectivity index (χ3n) is 5.26. The van der Waals surface area contributed by atoms with E-state index in [2.05, 4.69) is 20.7 Å². The lowest BCUT2D eigenvalue weighted by Crippen LogP contribution is -2.23. The molecule has 1 heterocycles. The number of benzene rings is 3. The van der Waals surface area contributed by atoms with Crippen LogP contribution >= 0.6 is 24.8 Å². The maximum absolute atomic E-state index is 12.7. The van der Waals surface area contributed by atoms with Crippen molar-refractivity contribution >= 4 is 57.4 Å². The van der Waals surface area contributed by atoms with Gasteiger partial charge in [-0.15, -0.1) is 24.8 Å². The number of aliphatic hydroxyl groups excluding tert-OH is 1. The van der Waals surface area contributed by atoms with Crippen LogP contribution in [-0.4, -0.2) is 64.9 Å². The van der Waals surface area contributed by atoms with Crippen molar-refractivity contribution in [1.82, 2.24) is 20.4 Å². The lowest BCUT2D eigenvalue weighted by molar-refractivity contribution is 0.291. The van der Waals surface area contributed by atoms with Gasteiger partial charge in [0.2, 0.25) is 0 Å². The van der Waals surface area contributed by atoms with Crippen LogP contribution in [0.5, 0.6) is 11.5 Å². The quantitative estimate of drug-likeness (QED) is 0.163. The Kier molecular flexibility index (Phi) is 8.71. The van der Waals surface area contributed by atoms with E-state index in [9.17, 15) is 15.0 Å². The molecule has 0 aliphatic carbocycles. The summed E-state index contributed by atoms with van der Waals surface area (Å²) in [7, 11) is 1.84. The van der Waals surface area contributed by atoms with Crippen LogP contribution in [0.2, 0.25) is 0 Å². The van der Waals surface area contributed by atoms with Crippen LogP contribution in [0.3, 0.4) is 0 Å². The number of nitrogens with one attached hydrogen (secondary N) is 3. The van der Waals surface area contributed by atoms with Crippen molar-refractivity contribution in [2.45, 2.75) is 6.54 Å². The summed E-state index contributed by atoms with van der Waals surface area (Å²) in [5.41, 5.74) is 1.09. The molecule has 0 aliphatic heterocycles. The molecule has 0 fully saturated rings. The Hall–Kier alpha value is -2.56. The lowest BCUT2D eigenvalue weighted by Gasteiger charge is -2.09. The molecule has 0 saturated carbocycles. The number of hydrogen-bond donors (Lipinski definition) is 6. The number of nitrogens with zero attached hydrogens (tertiary/aromatic N) is 2. The number of hydrogen-bond acceptors (Lipinski definition) is 7. The summed E-state index contributed by atoms with van der Waals surface area (Å²) in [6.07, 6.45) is 0. The van der Waals surface area contributed by atoms with Crippen LogP contribution in [0.4, 0.5) is 0 Å². The smallest absolute Gasteiger partial charge is 0.189 e. The van der Waals surface area contributed by atoms with E-state index < -0.39 is 0 Å². The summed E-state index contributed by atoms with van der Waals surface area (Å²) in [4.78, 5) is 17.3. The fraction of sp³-hybridized carbons (Fsp3) is 0.333. The van der Waals surface area contributed by atoms with Crippen LogP contribution in [0, 0.1) is 0 Å². The van der Waals surface area contributed by atoms with Crippen LogP contribution in [0.1, 0.15) is 0 Å². The molecule has 3 aromatic carbocycles. The normalized spacial score (nSPS) is 11.9. The average molecular weight is 484 g/mol. The maximum Gasteiger partial charge on any atom is 0.189 e. The van der Waals surface area contributed by atoms with Crippen molar-refractivity contribution in [2.75, 3.05) is 39.8 Å². The molecule has 0 bridgehead atoms. The second kappa shape index (κ2) is 10.8. The van der Waals surface area contributed by atoms with Crippen molar-refractivity contribution in [2.24, 2.45) is 4.99 Å². The van der Waals surface area contributed by atoms with Gasteiger partial charge in [0.25, 0.3) is 0 Å². The summed E-state index contributed by atoms with van der Waals surface area (Å²) in [6, 6.07) is 6.35. The van der Waals surface area contributed by atoms with Gasteiger partial charge in [-0.3, -0.25) is 19.6 Å². The van der Waals surface area contributed by atoms with Crippen LogP contribution < -0.4 is 21.4 Å². The second-order valence-electron chi connectivity index (χ2n) is 7.13. The number of halogens is 2. The van der Waals surface area contributed by atoms with Gasteiger partial charge in [-0.25, -0.2) is 0 Å². The van der Waals surface area contributed by atoms with E-state index in [4.69, 9.17) is 5.11 Å². The molecule has 11 heteroatoms. The number of aromatic nitrogens is 2. The van der Waals surface area contributed by atoms with Crippen molar-refractivity contribution < 1.29 is 15.3 Å². The molecule has 0 unspecified atom stereocenters. The minimum absolute atomic E-state index is 0. The molecule has 0 atom stereocenters. The highest BCUT2D eigenvalue weighted by Crippen LogP contribution is 2.41. The zero-order valence-corrected chi connectivity index (χ0v) is 19.1. The number of likely N-dealkylation sites (N-methyl/N-ethyl adjacent to an activating group) is 1. The van der Waals surface area contributed by atoms with Crippen molar-refractivity contribution in [3.8, 4) is 11.5 Å². The Morgan fingerprint density at radius 1 is 1.00 bits per heavy atom. The Balaban J connectivity index is 0.00000181. The summed E-state index contributed by atoms with van der Waals surface area (Å²) in [6.45, 7) is 2.92. The number of phenolic OH excluding ortho intramolecular Hbond substituents is 2. The number of H-pyrrole nitrogens is 1. The van der Waals surface area contributed by atoms with Gasteiger partial charge in [0.1, 0.15) is 11.5 Å². The van der Waals surface area contributed by atoms with E-state index in [0.29, 0.717) is 54.4 Å². The first-order valence-corrected chi connectivity index (χ1v) is 9.90. The van der Waals surface area contributed by atoms with E-state index in [1.807, 2.05) is 23.9 Å². The number of aromatic hydroxyl groups is 2. The Labute approximate surface area is 195 Å². The predicted octanol–water partition coefficient (Wildman–Crippen LogP) is 1.03. The molecule has 32 heavy (non-hydrogen) atoms. The molecule has 4 aromatic rings. The minimum Gasteiger partial charge on any atom is -0.507 e. The van der Waals surface area contributed by atoms with E-state index >= 15 is 0 Å². The minimum atomic E-state index is -0.286. The van der Waals surface area contributed by atoms with Gasteiger partial charge in [-0.2, -0.15) is 0 Å². The maximum atomic E-state index is 12.7. The van der Waals surface area contributed by atoms with Gasteiger partial charge in [-0.05, 0) is 31.3 Å². The standard InChI is InChI=1S/C21H25N5O4.2ClH/c1-22-6-7-24-12-2-3-13-17-16(12)21(30)19-15(29)5-4-14(28)18(19)20(17)25-26(13)10-8-23-9-11-27;;/h2-5,22-23,25,27,29-30H,6-11H2,1H3;2*1H. The first-order valence-electron chi connectivity index (χ1n) is 9.90. The predicted molar refractivity (Wildman–Crippen MR) is 131 cm³/mol. The molecule has 0 saturated heterocycles. The largest absolute Gasteiger partial charge is 0.507 e. The van der Waals surface area contributed by atoms with E-state index in [-0.39, 0.29) is 59.1 Å². The van der Waals surface area contributed by atoms with E-state index in [0.717, 1.165) is 5.52 Å². The number of aliphatic hydroxyl groups is 1.